The molecule has 1 aliphatic heterocycles. The molecule has 4 rings (SSSR count). The van der Waals surface area contributed by atoms with Crippen LogP contribution < -0.4 is 15.0 Å². The van der Waals surface area contributed by atoms with Gasteiger partial charge in [-0.25, -0.2) is 4.98 Å². The molecule has 3 aromatic rings. The third kappa shape index (κ3) is 5.34. The van der Waals surface area contributed by atoms with Crippen LogP contribution in [0.25, 0.3) is 0 Å². The molecule has 1 fully saturated rings. The van der Waals surface area contributed by atoms with Crippen LogP contribution in [-0.2, 0) is 13.1 Å². The van der Waals surface area contributed by atoms with Crippen LogP contribution in [0.15, 0.2) is 67.1 Å². The minimum absolute atomic E-state index is 0.554. The Morgan fingerprint density at radius 2 is 2.00 bits per heavy atom. The van der Waals surface area contributed by atoms with Gasteiger partial charge in [-0.2, -0.15) is 5.10 Å². The number of hydrogen-bond acceptors (Lipinski definition) is 6. The number of aliphatic hydroxyl groups is 1. The maximum atomic E-state index is 10.9. The number of ether oxygens (including phenoxy) is 1. The summed E-state index contributed by atoms with van der Waals surface area (Å²) >= 11 is 0. The van der Waals surface area contributed by atoms with Crippen LogP contribution >= 0.6 is 0 Å². The number of nitrogens with zero attached hydrogens (tertiary/aromatic N) is 4. The van der Waals surface area contributed by atoms with Gasteiger partial charge in [0.25, 0.3) is 0 Å². The fraction of sp³-hybridized carbons (Fsp3) is 0.364. The van der Waals surface area contributed by atoms with Gasteiger partial charge in [-0.3, -0.25) is 4.68 Å². The van der Waals surface area contributed by atoms with Gasteiger partial charge < -0.3 is 20.1 Å². The van der Waals surface area contributed by atoms with Crippen LogP contribution in [0.3, 0.4) is 0 Å². The molecular formula is C22H27N5O2. The molecule has 0 unspecified atom stereocenters. The lowest BCUT2D eigenvalue weighted by atomic mass is 10.0. The number of β-amino-alcohol motifs (C(OH)–C–C–N with tert-alkyl or cyclic N) is 1. The summed E-state index contributed by atoms with van der Waals surface area (Å²) < 4.78 is 7.61. The second-order valence-corrected chi connectivity index (χ2v) is 7.45. The van der Waals surface area contributed by atoms with Gasteiger partial charge in [-0.05, 0) is 42.3 Å². The Bertz CT molecular complexity index is 870. The van der Waals surface area contributed by atoms with Crippen molar-refractivity contribution in [2.24, 2.45) is 0 Å². The van der Waals surface area contributed by atoms with Crippen molar-refractivity contribution >= 4 is 5.82 Å². The maximum Gasteiger partial charge on any atom is 0.128 e. The van der Waals surface area contributed by atoms with E-state index in [1.807, 2.05) is 47.3 Å². The molecule has 0 saturated carbocycles. The summed E-state index contributed by atoms with van der Waals surface area (Å²) in [6, 6.07) is 15.8. The molecule has 7 nitrogen and oxygen atoms in total. The molecule has 7 heteroatoms. The third-order valence-corrected chi connectivity index (χ3v) is 5.16. The largest absolute Gasteiger partial charge is 0.492 e. The standard InChI is InChI=1S/C22H27N5O2/c28-22(9-13-26(18-22)21-4-1-2-10-24-21)17-23-16-19-5-7-20(8-6-19)29-15-14-27-12-3-11-25-27/h1-8,10-12,23,28H,9,13-18H2/t22-/m1/s1. The van der Waals surface area contributed by atoms with Crippen molar-refractivity contribution in [2.45, 2.75) is 25.1 Å². The predicted octanol–water partition coefficient (Wildman–Crippen LogP) is 2.09. The molecule has 1 atom stereocenters. The van der Waals surface area contributed by atoms with E-state index in [1.54, 1.807) is 12.4 Å². The van der Waals surface area contributed by atoms with Gasteiger partial charge in [0.1, 0.15) is 18.2 Å². The Hall–Kier alpha value is -2.90. The average Bonchev–Trinajstić information content (AvgIpc) is 3.40. The monoisotopic (exact) mass is 393 g/mol. The summed E-state index contributed by atoms with van der Waals surface area (Å²) in [4.78, 5) is 6.51. The number of aromatic nitrogens is 3. The summed E-state index contributed by atoms with van der Waals surface area (Å²) in [5.74, 6) is 1.77. The number of anilines is 1. The zero-order valence-corrected chi connectivity index (χ0v) is 16.4. The van der Waals surface area contributed by atoms with E-state index >= 15 is 0 Å². The number of rotatable bonds is 9. The Kier molecular flexibility index (Phi) is 6.07. The van der Waals surface area contributed by atoms with E-state index in [2.05, 4.69) is 32.4 Å². The van der Waals surface area contributed by atoms with E-state index in [1.165, 1.54) is 0 Å². The first kappa shape index (κ1) is 19.4. The van der Waals surface area contributed by atoms with Gasteiger partial charge in [0.2, 0.25) is 0 Å². The summed E-state index contributed by atoms with van der Waals surface area (Å²) in [7, 11) is 0. The van der Waals surface area contributed by atoms with Crippen LogP contribution in [0.5, 0.6) is 5.75 Å². The first-order chi connectivity index (χ1) is 14.2. The molecule has 0 aliphatic carbocycles. The molecule has 3 heterocycles. The Morgan fingerprint density at radius 3 is 2.76 bits per heavy atom. The molecule has 2 N–H and O–H groups in total. The summed E-state index contributed by atoms with van der Waals surface area (Å²) in [6.45, 7) is 3.99. The molecular weight excluding hydrogens is 366 g/mol. The number of pyridine rings is 1. The highest BCUT2D eigenvalue weighted by molar-refractivity contribution is 5.40. The van der Waals surface area contributed by atoms with Crippen molar-refractivity contribution in [3.63, 3.8) is 0 Å². The number of nitrogens with one attached hydrogen (secondary N) is 1. The minimum atomic E-state index is -0.729. The van der Waals surface area contributed by atoms with E-state index in [0.717, 1.165) is 36.6 Å². The molecule has 152 valence electrons. The zero-order chi connectivity index (χ0) is 19.9. The van der Waals surface area contributed by atoms with Gasteiger partial charge in [-0.15, -0.1) is 0 Å². The van der Waals surface area contributed by atoms with Crippen molar-refractivity contribution in [2.75, 3.05) is 31.1 Å². The number of hydrogen-bond donors (Lipinski definition) is 2. The van der Waals surface area contributed by atoms with Crippen molar-refractivity contribution in [1.29, 1.82) is 0 Å². The lowest BCUT2D eigenvalue weighted by molar-refractivity contribution is 0.0626. The molecule has 0 radical (unpaired) electrons. The van der Waals surface area contributed by atoms with Crippen molar-refractivity contribution in [3.8, 4) is 5.75 Å². The van der Waals surface area contributed by atoms with Crippen LogP contribution in [0, 0.1) is 0 Å². The lowest BCUT2D eigenvalue weighted by Gasteiger charge is -2.24. The van der Waals surface area contributed by atoms with E-state index in [0.29, 0.717) is 26.2 Å². The van der Waals surface area contributed by atoms with Crippen LogP contribution in [0.4, 0.5) is 5.82 Å². The summed E-state index contributed by atoms with van der Waals surface area (Å²) in [6.07, 6.45) is 6.21. The highest BCUT2D eigenvalue weighted by Gasteiger charge is 2.36. The fourth-order valence-corrected chi connectivity index (χ4v) is 3.57. The molecule has 1 saturated heterocycles. The van der Waals surface area contributed by atoms with Crippen molar-refractivity contribution in [3.05, 3.63) is 72.7 Å². The van der Waals surface area contributed by atoms with Crippen LogP contribution in [0.1, 0.15) is 12.0 Å². The second-order valence-electron chi connectivity index (χ2n) is 7.45. The second kappa shape index (κ2) is 9.07. The quantitative estimate of drug-likeness (QED) is 0.580. The molecule has 29 heavy (non-hydrogen) atoms. The number of benzene rings is 1. The smallest absolute Gasteiger partial charge is 0.128 e. The molecule has 0 spiro atoms. The molecule has 2 aromatic heterocycles. The Morgan fingerprint density at radius 1 is 1.10 bits per heavy atom. The van der Waals surface area contributed by atoms with Crippen LogP contribution in [-0.4, -0.2) is 51.7 Å². The van der Waals surface area contributed by atoms with Gasteiger partial charge in [0, 0.05) is 44.8 Å². The maximum absolute atomic E-state index is 10.9. The van der Waals surface area contributed by atoms with Crippen molar-refractivity contribution < 1.29 is 9.84 Å². The Labute approximate surface area is 171 Å². The predicted molar refractivity (Wildman–Crippen MR) is 112 cm³/mol. The van der Waals surface area contributed by atoms with Gasteiger partial charge in [0.05, 0.1) is 12.1 Å². The lowest BCUT2D eigenvalue weighted by Crippen LogP contribution is -2.43. The fourth-order valence-electron chi connectivity index (χ4n) is 3.57. The zero-order valence-electron chi connectivity index (χ0n) is 16.4. The summed E-state index contributed by atoms with van der Waals surface area (Å²) in [5.41, 5.74) is 0.431. The van der Waals surface area contributed by atoms with E-state index in [4.69, 9.17) is 4.74 Å². The first-order valence-electron chi connectivity index (χ1n) is 9.98. The van der Waals surface area contributed by atoms with E-state index < -0.39 is 5.60 Å². The highest BCUT2D eigenvalue weighted by atomic mass is 16.5. The van der Waals surface area contributed by atoms with Gasteiger partial charge in [0.15, 0.2) is 0 Å². The molecule has 1 aliphatic rings. The van der Waals surface area contributed by atoms with Gasteiger partial charge >= 0.3 is 0 Å². The SMILES string of the molecule is O[C@@]1(CNCc2ccc(OCCn3cccn3)cc2)CCN(c2ccccn2)C1. The minimum Gasteiger partial charge on any atom is -0.492 e. The van der Waals surface area contributed by atoms with E-state index in [9.17, 15) is 5.11 Å². The molecule has 1 aromatic carbocycles. The highest BCUT2D eigenvalue weighted by Crippen LogP contribution is 2.25. The summed E-state index contributed by atoms with van der Waals surface area (Å²) in [5, 5.41) is 18.4. The topological polar surface area (TPSA) is 75.4 Å². The first-order valence-corrected chi connectivity index (χ1v) is 9.98. The third-order valence-electron chi connectivity index (χ3n) is 5.16. The normalized spacial score (nSPS) is 18.9. The average molecular weight is 393 g/mol. The molecule has 0 amide bonds. The van der Waals surface area contributed by atoms with Crippen LogP contribution in [0.2, 0.25) is 0 Å². The Balaban J connectivity index is 1.19. The van der Waals surface area contributed by atoms with Crippen molar-refractivity contribution in [1.82, 2.24) is 20.1 Å². The molecule has 0 bridgehead atoms. The van der Waals surface area contributed by atoms with Gasteiger partial charge in [-0.1, -0.05) is 18.2 Å². The van der Waals surface area contributed by atoms with E-state index in [-0.39, 0.29) is 0 Å².